The molecule has 1 N–H and O–H groups in total. The van der Waals surface area contributed by atoms with Gasteiger partial charge >= 0.3 is 5.97 Å². The molecule has 0 amide bonds. The quantitative estimate of drug-likeness (QED) is 0.899. The van der Waals surface area contributed by atoms with E-state index in [-0.39, 0.29) is 0 Å². The highest BCUT2D eigenvalue weighted by Crippen LogP contribution is 2.21. The number of carboxylic acids is 1. The molecule has 1 unspecified atom stereocenters. The fourth-order valence-electron chi connectivity index (χ4n) is 2.76. The molecule has 0 aliphatic carbocycles. The molecule has 110 valence electrons. The van der Waals surface area contributed by atoms with Gasteiger partial charge in [-0.1, -0.05) is 6.42 Å². The second-order valence-electron chi connectivity index (χ2n) is 5.55. The second-order valence-corrected chi connectivity index (χ2v) is 5.55. The molecule has 1 heterocycles. The van der Waals surface area contributed by atoms with E-state index in [1.807, 2.05) is 6.92 Å². The van der Waals surface area contributed by atoms with Crippen molar-refractivity contribution in [2.24, 2.45) is 0 Å². The SMILES string of the molecule is Cc1cc(C(=O)O)ccc1OCCC1CCCCN1C. The van der Waals surface area contributed by atoms with Gasteiger partial charge in [0.25, 0.3) is 0 Å². The van der Waals surface area contributed by atoms with Crippen molar-refractivity contribution in [1.82, 2.24) is 4.90 Å². The molecule has 2 rings (SSSR count). The standard InChI is InChI=1S/C16H23NO3/c1-12-11-13(16(18)19)6-7-15(12)20-10-8-14-5-3-4-9-17(14)2/h6-7,11,14H,3-5,8-10H2,1-2H3,(H,18,19). The Morgan fingerprint density at radius 1 is 1.45 bits per heavy atom. The molecule has 4 nitrogen and oxygen atoms in total. The van der Waals surface area contributed by atoms with Crippen LogP contribution in [0.5, 0.6) is 5.75 Å². The fourth-order valence-corrected chi connectivity index (χ4v) is 2.76. The summed E-state index contributed by atoms with van der Waals surface area (Å²) in [5.74, 6) is -0.114. The Balaban J connectivity index is 1.86. The Hall–Kier alpha value is -1.55. The molecule has 0 spiro atoms. The number of nitrogens with zero attached hydrogens (tertiary/aromatic N) is 1. The van der Waals surface area contributed by atoms with Gasteiger partial charge in [0.2, 0.25) is 0 Å². The zero-order chi connectivity index (χ0) is 14.5. The van der Waals surface area contributed by atoms with Crippen LogP contribution in [0.4, 0.5) is 0 Å². The number of piperidine rings is 1. The Morgan fingerprint density at radius 3 is 2.90 bits per heavy atom. The highest BCUT2D eigenvalue weighted by atomic mass is 16.5. The summed E-state index contributed by atoms with van der Waals surface area (Å²) < 4.78 is 5.80. The van der Waals surface area contributed by atoms with Crippen molar-refractivity contribution in [3.63, 3.8) is 0 Å². The van der Waals surface area contributed by atoms with Gasteiger partial charge in [0.05, 0.1) is 12.2 Å². The average molecular weight is 277 g/mol. The van der Waals surface area contributed by atoms with E-state index in [0.717, 1.165) is 17.7 Å². The number of carboxylic acid groups (broad SMARTS) is 1. The molecule has 1 aliphatic heterocycles. The van der Waals surface area contributed by atoms with Crippen LogP contribution in [0.15, 0.2) is 18.2 Å². The maximum Gasteiger partial charge on any atom is 0.335 e. The number of ether oxygens (including phenoxy) is 1. The predicted octanol–water partition coefficient (Wildman–Crippen LogP) is 2.95. The number of carbonyl (C=O) groups is 1. The van der Waals surface area contributed by atoms with Crippen molar-refractivity contribution >= 4 is 5.97 Å². The molecule has 0 saturated carbocycles. The lowest BCUT2D eigenvalue weighted by Gasteiger charge is -2.32. The van der Waals surface area contributed by atoms with Gasteiger partial charge in [-0.2, -0.15) is 0 Å². The molecule has 1 fully saturated rings. The van der Waals surface area contributed by atoms with Crippen LogP contribution in [0.2, 0.25) is 0 Å². The minimum absolute atomic E-state index is 0.307. The van der Waals surface area contributed by atoms with Crippen LogP contribution in [-0.2, 0) is 0 Å². The molecule has 4 heteroatoms. The molecule has 1 aliphatic rings. The van der Waals surface area contributed by atoms with Crippen molar-refractivity contribution in [2.45, 2.75) is 38.6 Å². The summed E-state index contributed by atoms with van der Waals surface area (Å²) in [6, 6.07) is 5.62. The molecule has 1 atom stereocenters. The fraction of sp³-hybridized carbons (Fsp3) is 0.562. The van der Waals surface area contributed by atoms with Crippen molar-refractivity contribution in [3.8, 4) is 5.75 Å². The van der Waals surface area contributed by atoms with E-state index in [0.29, 0.717) is 18.2 Å². The third kappa shape index (κ3) is 3.73. The number of hydrogen-bond donors (Lipinski definition) is 1. The number of aryl methyl sites for hydroxylation is 1. The minimum Gasteiger partial charge on any atom is -0.493 e. The largest absolute Gasteiger partial charge is 0.493 e. The molecule has 1 saturated heterocycles. The lowest BCUT2D eigenvalue weighted by atomic mass is 10.0. The minimum atomic E-state index is -0.900. The molecule has 0 bridgehead atoms. The Labute approximate surface area is 120 Å². The van der Waals surface area contributed by atoms with Gasteiger partial charge in [-0.05, 0) is 63.5 Å². The maximum absolute atomic E-state index is 10.9. The Kier molecular flexibility index (Phi) is 5.01. The van der Waals surface area contributed by atoms with Crippen molar-refractivity contribution in [1.29, 1.82) is 0 Å². The first-order valence-electron chi connectivity index (χ1n) is 7.25. The zero-order valence-electron chi connectivity index (χ0n) is 12.3. The summed E-state index contributed by atoms with van der Waals surface area (Å²) in [6.45, 7) is 3.74. The smallest absolute Gasteiger partial charge is 0.335 e. The predicted molar refractivity (Wildman–Crippen MR) is 78.5 cm³/mol. The summed E-state index contributed by atoms with van der Waals surface area (Å²) in [6.07, 6.45) is 4.87. The maximum atomic E-state index is 10.9. The van der Waals surface area contributed by atoms with Crippen molar-refractivity contribution in [2.75, 3.05) is 20.2 Å². The molecular weight excluding hydrogens is 254 g/mol. The van der Waals surface area contributed by atoms with Gasteiger partial charge in [-0.25, -0.2) is 4.79 Å². The van der Waals surface area contributed by atoms with Crippen LogP contribution in [0.3, 0.4) is 0 Å². The third-order valence-electron chi connectivity index (χ3n) is 4.05. The third-order valence-corrected chi connectivity index (χ3v) is 4.05. The van der Waals surface area contributed by atoms with Gasteiger partial charge in [0.1, 0.15) is 5.75 Å². The zero-order valence-corrected chi connectivity index (χ0v) is 12.3. The highest BCUT2D eigenvalue weighted by Gasteiger charge is 2.18. The van der Waals surface area contributed by atoms with Gasteiger partial charge in [-0.3, -0.25) is 0 Å². The lowest BCUT2D eigenvalue weighted by molar-refractivity contribution is 0.0696. The molecule has 0 aromatic heterocycles. The van der Waals surface area contributed by atoms with E-state index in [2.05, 4.69) is 11.9 Å². The van der Waals surface area contributed by atoms with Crippen LogP contribution in [0, 0.1) is 6.92 Å². The molecule has 0 radical (unpaired) electrons. The van der Waals surface area contributed by atoms with Crippen LogP contribution >= 0.6 is 0 Å². The van der Waals surface area contributed by atoms with Crippen LogP contribution < -0.4 is 4.74 Å². The van der Waals surface area contributed by atoms with Crippen molar-refractivity contribution < 1.29 is 14.6 Å². The van der Waals surface area contributed by atoms with E-state index in [4.69, 9.17) is 9.84 Å². The Bertz CT molecular complexity index is 473. The Morgan fingerprint density at radius 2 is 2.25 bits per heavy atom. The molecule has 1 aromatic carbocycles. The molecule has 20 heavy (non-hydrogen) atoms. The number of likely N-dealkylation sites (tertiary alicyclic amines) is 1. The summed E-state index contributed by atoms with van der Waals surface area (Å²) in [7, 11) is 2.18. The lowest BCUT2D eigenvalue weighted by Crippen LogP contribution is -2.37. The second kappa shape index (κ2) is 6.75. The summed E-state index contributed by atoms with van der Waals surface area (Å²) in [5, 5.41) is 8.93. The van der Waals surface area contributed by atoms with Gasteiger partial charge < -0.3 is 14.7 Å². The highest BCUT2D eigenvalue weighted by molar-refractivity contribution is 5.88. The van der Waals surface area contributed by atoms with Crippen LogP contribution in [0.25, 0.3) is 0 Å². The number of aromatic carboxylic acids is 1. The summed E-state index contributed by atoms with van der Waals surface area (Å²) in [4.78, 5) is 13.3. The number of rotatable bonds is 5. The number of hydrogen-bond acceptors (Lipinski definition) is 3. The van der Waals surface area contributed by atoms with Gasteiger partial charge in [0, 0.05) is 6.04 Å². The summed E-state index contributed by atoms with van der Waals surface area (Å²) >= 11 is 0. The van der Waals surface area contributed by atoms with Gasteiger partial charge in [0.15, 0.2) is 0 Å². The van der Waals surface area contributed by atoms with E-state index in [9.17, 15) is 4.79 Å². The first kappa shape index (κ1) is 14.9. The molecule has 1 aromatic rings. The van der Waals surface area contributed by atoms with E-state index >= 15 is 0 Å². The summed E-state index contributed by atoms with van der Waals surface area (Å²) in [5.41, 5.74) is 1.18. The van der Waals surface area contributed by atoms with E-state index in [1.165, 1.54) is 25.8 Å². The topological polar surface area (TPSA) is 49.8 Å². The normalized spacial score (nSPS) is 19.8. The first-order valence-corrected chi connectivity index (χ1v) is 7.25. The van der Waals surface area contributed by atoms with Crippen LogP contribution in [-0.4, -0.2) is 42.2 Å². The van der Waals surface area contributed by atoms with Gasteiger partial charge in [-0.15, -0.1) is 0 Å². The van der Waals surface area contributed by atoms with E-state index in [1.54, 1.807) is 18.2 Å². The molecular formula is C16H23NO3. The first-order chi connectivity index (χ1) is 9.58. The average Bonchev–Trinajstić information content (AvgIpc) is 2.42. The van der Waals surface area contributed by atoms with Crippen molar-refractivity contribution in [3.05, 3.63) is 29.3 Å². The van der Waals surface area contributed by atoms with Crippen LogP contribution in [0.1, 0.15) is 41.6 Å². The monoisotopic (exact) mass is 277 g/mol. The van der Waals surface area contributed by atoms with E-state index < -0.39 is 5.97 Å². The number of benzene rings is 1.